The normalized spacial score (nSPS) is 18.6. The van der Waals surface area contributed by atoms with Crippen molar-refractivity contribution in [3.63, 3.8) is 0 Å². The van der Waals surface area contributed by atoms with Gasteiger partial charge in [-0.1, -0.05) is 6.07 Å². The van der Waals surface area contributed by atoms with Gasteiger partial charge < -0.3 is 13.9 Å². The van der Waals surface area contributed by atoms with Gasteiger partial charge in [-0.05, 0) is 37.5 Å². The van der Waals surface area contributed by atoms with Crippen molar-refractivity contribution in [2.75, 3.05) is 13.2 Å². The van der Waals surface area contributed by atoms with Crippen LogP contribution >= 0.6 is 0 Å². The lowest BCUT2D eigenvalue weighted by molar-refractivity contribution is -0.139. The smallest absolute Gasteiger partial charge is 0.419 e. The molecule has 1 aliphatic rings. The van der Waals surface area contributed by atoms with Crippen LogP contribution in [0.3, 0.4) is 0 Å². The Morgan fingerprint density at radius 2 is 2.12 bits per heavy atom. The molecule has 0 bridgehead atoms. The highest BCUT2D eigenvalue weighted by Gasteiger charge is 2.34. The number of rotatable bonds is 4. The first-order valence-corrected chi connectivity index (χ1v) is 7.64. The number of alkyl halides is 3. The molecule has 0 N–H and O–H groups in total. The number of nitrogens with zero attached hydrogens (tertiary/aromatic N) is 2. The Labute approximate surface area is 136 Å². The SMILES string of the molecule is Cc1ccc(C(F)(F)F)c(OCc2nnc(C3CCCOC3)o2)c1. The van der Waals surface area contributed by atoms with Gasteiger partial charge in [0, 0.05) is 6.61 Å². The molecule has 0 amide bonds. The summed E-state index contributed by atoms with van der Waals surface area (Å²) in [6.45, 7) is 2.71. The van der Waals surface area contributed by atoms with Crippen LogP contribution in [0, 0.1) is 6.92 Å². The second-order valence-electron chi connectivity index (χ2n) is 5.73. The molecule has 1 saturated heterocycles. The zero-order valence-electron chi connectivity index (χ0n) is 13.1. The Hall–Kier alpha value is -2.09. The maximum Gasteiger partial charge on any atom is 0.419 e. The van der Waals surface area contributed by atoms with Crippen molar-refractivity contribution >= 4 is 0 Å². The average molecular weight is 342 g/mol. The van der Waals surface area contributed by atoms with E-state index in [1.165, 1.54) is 12.1 Å². The third kappa shape index (κ3) is 3.87. The van der Waals surface area contributed by atoms with E-state index in [0.717, 1.165) is 18.9 Å². The predicted molar refractivity (Wildman–Crippen MR) is 77.6 cm³/mol. The van der Waals surface area contributed by atoms with E-state index in [1.807, 2.05) is 0 Å². The van der Waals surface area contributed by atoms with Crippen molar-refractivity contribution in [2.24, 2.45) is 0 Å². The summed E-state index contributed by atoms with van der Waals surface area (Å²) in [5.41, 5.74) is -0.155. The van der Waals surface area contributed by atoms with E-state index in [2.05, 4.69) is 10.2 Å². The monoisotopic (exact) mass is 342 g/mol. The first-order valence-electron chi connectivity index (χ1n) is 7.64. The van der Waals surface area contributed by atoms with Gasteiger partial charge in [-0.2, -0.15) is 13.2 Å². The first-order chi connectivity index (χ1) is 11.4. The van der Waals surface area contributed by atoms with Crippen molar-refractivity contribution in [1.29, 1.82) is 0 Å². The molecule has 8 heteroatoms. The fraction of sp³-hybridized carbons (Fsp3) is 0.500. The quantitative estimate of drug-likeness (QED) is 0.844. The molecular weight excluding hydrogens is 325 g/mol. The van der Waals surface area contributed by atoms with Crippen LogP contribution in [0.4, 0.5) is 13.2 Å². The van der Waals surface area contributed by atoms with Crippen molar-refractivity contribution in [2.45, 2.75) is 38.5 Å². The molecule has 1 atom stereocenters. The van der Waals surface area contributed by atoms with Crippen LogP contribution in [-0.2, 0) is 17.5 Å². The minimum Gasteiger partial charge on any atom is -0.483 e. The second-order valence-corrected chi connectivity index (χ2v) is 5.73. The Balaban J connectivity index is 1.70. The van der Waals surface area contributed by atoms with Gasteiger partial charge in [0.15, 0.2) is 6.61 Å². The average Bonchev–Trinajstić information content (AvgIpc) is 3.01. The molecular formula is C16H17F3N2O3. The molecule has 130 valence electrons. The zero-order valence-corrected chi connectivity index (χ0v) is 13.1. The van der Waals surface area contributed by atoms with Crippen LogP contribution in [0.25, 0.3) is 0 Å². The number of aromatic nitrogens is 2. The molecule has 2 heterocycles. The van der Waals surface area contributed by atoms with Gasteiger partial charge in [0.2, 0.25) is 5.89 Å². The molecule has 0 aliphatic carbocycles. The maximum atomic E-state index is 13.0. The van der Waals surface area contributed by atoms with Gasteiger partial charge in [-0.3, -0.25) is 0 Å². The Bertz CT molecular complexity index is 694. The molecule has 1 unspecified atom stereocenters. The van der Waals surface area contributed by atoms with Crippen molar-refractivity contribution in [3.8, 4) is 5.75 Å². The molecule has 3 rings (SSSR count). The molecule has 1 fully saturated rings. The van der Waals surface area contributed by atoms with E-state index < -0.39 is 11.7 Å². The summed E-state index contributed by atoms with van der Waals surface area (Å²) < 4.78 is 55.2. The van der Waals surface area contributed by atoms with Crippen LogP contribution in [0.15, 0.2) is 22.6 Å². The van der Waals surface area contributed by atoms with Crippen molar-refractivity contribution in [3.05, 3.63) is 41.1 Å². The number of ether oxygens (including phenoxy) is 2. The Kier molecular flexibility index (Phi) is 4.75. The van der Waals surface area contributed by atoms with Gasteiger partial charge >= 0.3 is 6.18 Å². The standard InChI is InChI=1S/C16H17F3N2O3/c1-10-4-5-12(16(17,18)19)13(7-10)23-9-14-20-21-15(24-14)11-3-2-6-22-8-11/h4-5,7,11H,2-3,6,8-9H2,1H3. The number of hydrogen-bond acceptors (Lipinski definition) is 5. The van der Waals surface area contributed by atoms with E-state index in [-0.39, 0.29) is 24.2 Å². The summed E-state index contributed by atoms with van der Waals surface area (Å²) in [6, 6.07) is 3.74. The molecule has 0 saturated carbocycles. The maximum absolute atomic E-state index is 13.0. The third-order valence-corrected chi connectivity index (χ3v) is 3.79. The zero-order chi connectivity index (χ0) is 17.2. The fourth-order valence-corrected chi connectivity index (χ4v) is 2.55. The van der Waals surface area contributed by atoms with Crippen LogP contribution in [0.5, 0.6) is 5.75 Å². The minimum absolute atomic E-state index is 0.0321. The Morgan fingerprint density at radius 3 is 2.83 bits per heavy atom. The van der Waals surface area contributed by atoms with Gasteiger partial charge in [-0.15, -0.1) is 10.2 Å². The van der Waals surface area contributed by atoms with Crippen LogP contribution in [-0.4, -0.2) is 23.4 Å². The molecule has 24 heavy (non-hydrogen) atoms. The highest BCUT2D eigenvalue weighted by atomic mass is 19.4. The molecule has 2 aromatic rings. The lowest BCUT2D eigenvalue weighted by Crippen LogP contribution is -2.15. The molecule has 0 radical (unpaired) electrons. The first kappa shape index (κ1) is 16.8. The number of aryl methyl sites for hydroxylation is 1. The van der Waals surface area contributed by atoms with Gasteiger partial charge in [-0.25, -0.2) is 0 Å². The van der Waals surface area contributed by atoms with Crippen LogP contribution in [0.2, 0.25) is 0 Å². The van der Waals surface area contributed by atoms with E-state index in [9.17, 15) is 13.2 Å². The van der Waals surface area contributed by atoms with Crippen molar-refractivity contribution in [1.82, 2.24) is 10.2 Å². The molecule has 1 aromatic heterocycles. The predicted octanol–water partition coefficient (Wildman–Crippen LogP) is 3.87. The summed E-state index contributed by atoms with van der Waals surface area (Å²) in [4.78, 5) is 0. The number of halogens is 3. The summed E-state index contributed by atoms with van der Waals surface area (Å²) >= 11 is 0. The van der Waals surface area contributed by atoms with Gasteiger partial charge in [0.25, 0.3) is 5.89 Å². The number of benzene rings is 1. The van der Waals surface area contributed by atoms with Crippen LogP contribution in [0.1, 0.15) is 41.7 Å². The van der Waals surface area contributed by atoms with E-state index in [4.69, 9.17) is 13.9 Å². The van der Waals surface area contributed by atoms with Gasteiger partial charge in [0.05, 0.1) is 18.1 Å². The summed E-state index contributed by atoms with van der Waals surface area (Å²) in [5.74, 6) is 0.367. The van der Waals surface area contributed by atoms with Gasteiger partial charge in [0.1, 0.15) is 5.75 Å². The van der Waals surface area contributed by atoms with Crippen LogP contribution < -0.4 is 4.74 Å². The van der Waals surface area contributed by atoms with E-state index in [1.54, 1.807) is 6.92 Å². The lowest BCUT2D eigenvalue weighted by atomic mass is 10.0. The second kappa shape index (κ2) is 6.80. The summed E-state index contributed by atoms with van der Waals surface area (Å²) in [6.07, 6.45) is -2.68. The Morgan fingerprint density at radius 1 is 1.29 bits per heavy atom. The molecule has 1 aliphatic heterocycles. The molecule has 1 aromatic carbocycles. The summed E-state index contributed by atoms with van der Waals surface area (Å²) in [5, 5.41) is 7.78. The molecule has 5 nitrogen and oxygen atoms in total. The fourth-order valence-electron chi connectivity index (χ4n) is 2.55. The summed E-state index contributed by atoms with van der Waals surface area (Å²) in [7, 11) is 0. The molecule has 0 spiro atoms. The van der Waals surface area contributed by atoms with E-state index in [0.29, 0.717) is 24.7 Å². The highest BCUT2D eigenvalue weighted by molar-refractivity contribution is 5.39. The third-order valence-electron chi connectivity index (χ3n) is 3.79. The number of hydrogen-bond donors (Lipinski definition) is 0. The lowest BCUT2D eigenvalue weighted by Gasteiger charge is -2.18. The van der Waals surface area contributed by atoms with Crippen molar-refractivity contribution < 1.29 is 27.1 Å². The topological polar surface area (TPSA) is 57.4 Å². The largest absolute Gasteiger partial charge is 0.483 e. The minimum atomic E-state index is -4.48. The van der Waals surface area contributed by atoms with E-state index >= 15 is 0 Å². The highest BCUT2D eigenvalue weighted by Crippen LogP contribution is 2.37.